The molecule has 60 valence electrons. The van der Waals surface area contributed by atoms with E-state index in [2.05, 4.69) is 11.9 Å². The van der Waals surface area contributed by atoms with Crippen molar-refractivity contribution >= 4 is 6.29 Å². The lowest BCUT2D eigenvalue weighted by Crippen LogP contribution is -1.87. The first-order valence-corrected chi connectivity index (χ1v) is 3.73. The molecule has 0 spiro atoms. The molecule has 0 bridgehead atoms. The SMILES string of the molecule is CCCc1nc(CC=O)co1. The van der Waals surface area contributed by atoms with E-state index < -0.39 is 0 Å². The Labute approximate surface area is 65.4 Å². The Morgan fingerprint density at radius 3 is 3.18 bits per heavy atom. The maximum atomic E-state index is 10.1. The molecule has 3 heteroatoms. The van der Waals surface area contributed by atoms with Crippen LogP contribution in [0.2, 0.25) is 0 Å². The molecule has 0 aliphatic heterocycles. The molecule has 0 aliphatic carbocycles. The molecule has 0 fully saturated rings. The Kier molecular flexibility index (Phi) is 2.83. The first-order valence-electron chi connectivity index (χ1n) is 3.73. The minimum Gasteiger partial charge on any atom is -0.449 e. The van der Waals surface area contributed by atoms with Gasteiger partial charge < -0.3 is 9.21 Å². The van der Waals surface area contributed by atoms with Crippen LogP contribution in [0.3, 0.4) is 0 Å². The van der Waals surface area contributed by atoms with Crippen molar-refractivity contribution in [2.75, 3.05) is 0 Å². The van der Waals surface area contributed by atoms with Gasteiger partial charge in [-0.3, -0.25) is 0 Å². The highest BCUT2D eigenvalue weighted by Crippen LogP contribution is 2.03. The van der Waals surface area contributed by atoms with Gasteiger partial charge in [-0.2, -0.15) is 0 Å². The van der Waals surface area contributed by atoms with Gasteiger partial charge in [0.15, 0.2) is 5.89 Å². The van der Waals surface area contributed by atoms with Gasteiger partial charge in [0.2, 0.25) is 0 Å². The zero-order valence-electron chi connectivity index (χ0n) is 6.54. The molecule has 11 heavy (non-hydrogen) atoms. The molecular weight excluding hydrogens is 142 g/mol. The Morgan fingerprint density at radius 2 is 2.55 bits per heavy atom. The summed E-state index contributed by atoms with van der Waals surface area (Å²) in [7, 11) is 0. The number of aromatic nitrogens is 1. The van der Waals surface area contributed by atoms with Crippen LogP contribution in [0.15, 0.2) is 10.7 Å². The van der Waals surface area contributed by atoms with E-state index in [0.717, 1.165) is 30.7 Å². The molecule has 0 saturated carbocycles. The molecular formula is C8H11NO2. The summed E-state index contributed by atoms with van der Waals surface area (Å²) in [5, 5.41) is 0. The second-order valence-corrected chi connectivity index (χ2v) is 2.35. The maximum absolute atomic E-state index is 10.1. The van der Waals surface area contributed by atoms with E-state index >= 15 is 0 Å². The fourth-order valence-corrected chi connectivity index (χ4v) is 0.857. The van der Waals surface area contributed by atoms with E-state index in [0.29, 0.717) is 6.42 Å². The number of hydrogen-bond donors (Lipinski definition) is 0. The van der Waals surface area contributed by atoms with Crippen LogP contribution >= 0.6 is 0 Å². The standard InChI is InChI=1S/C8H11NO2/c1-2-3-8-9-7(4-5-10)6-11-8/h5-6H,2-4H2,1H3. The van der Waals surface area contributed by atoms with Crippen LogP contribution < -0.4 is 0 Å². The average molecular weight is 153 g/mol. The molecule has 0 amide bonds. The van der Waals surface area contributed by atoms with Crippen LogP contribution in [0.4, 0.5) is 0 Å². The van der Waals surface area contributed by atoms with Gasteiger partial charge in [-0.1, -0.05) is 6.92 Å². The number of nitrogens with zero attached hydrogens (tertiary/aromatic N) is 1. The van der Waals surface area contributed by atoms with Crippen molar-refractivity contribution in [1.82, 2.24) is 4.98 Å². The molecule has 1 aromatic heterocycles. The largest absolute Gasteiger partial charge is 0.449 e. The number of carbonyl (C=O) groups excluding carboxylic acids is 1. The number of aryl methyl sites for hydroxylation is 1. The molecule has 1 aromatic rings. The van der Waals surface area contributed by atoms with Crippen molar-refractivity contribution in [3.8, 4) is 0 Å². The van der Waals surface area contributed by atoms with Gasteiger partial charge in [0.1, 0.15) is 12.5 Å². The lowest BCUT2D eigenvalue weighted by Gasteiger charge is -1.85. The number of oxazole rings is 1. The molecule has 0 atom stereocenters. The summed E-state index contributed by atoms with van der Waals surface area (Å²) < 4.78 is 5.09. The summed E-state index contributed by atoms with van der Waals surface area (Å²) in [6.45, 7) is 2.06. The van der Waals surface area contributed by atoms with Gasteiger partial charge in [0, 0.05) is 12.8 Å². The van der Waals surface area contributed by atoms with Crippen LogP contribution in [0.1, 0.15) is 24.9 Å². The number of aldehydes is 1. The Balaban J connectivity index is 2.57. The smallest absolute Gasteiger partial charge is 0.194 e. The van der Waals surface area contributed by atoms with Crippen molar-refractivity contribution in [2.24, 2.45) is 0 Å². The van der Waals surface area contributed by atoms with E-state index in [4.69, 9.17) is 4.42 Å². The van der Waals surface area contributed by atoms with Crippen LogP contribution in [0.5, 0.6) is 0 Å². The molecule has 0 saturated heterocycles. The molecule has 1 rings (SSSR count). The predicted molar refractivity (Wildman–Crippen MR) is 40.3 cm³/mol. The molecule has 0 aliphatic rings. The van der Waals surface area contributed by atoms with Crippen molar-refractivity contribution in [2.45, 2.75) is 26.2 Å². The molecule has 1 heterocycles. The quantitative estimate of drug-likeness (QED) is 0.613. The normalized spacial score (nSPS) is 9.91. The van der Waals surface area contributed by atoms with Crippen molar-refractivity contribution in [3.05, 3.63) is 17.8 Å². The summed E-state index contributed by atoms with van der Waals surface area (Å²) in [4.78, 5) is 14.2. The van der Waals surface area contributed by atoms with Crippen LogP contribution in [-0.4, -0.2) is 11.3 Å². The molecule has 0 N–H and O–H groups in total. The lowest BCUT2D eigenvalue weighted by molar-refractivity contribution is -0.107. The zero-order chi connectivity index (χ0) is 8.10. The van der Waals surface area contributed by atoms with Gasteiger partial charge >= 0.3 is 0 Å². The minimum atomic E-state index is 0.354. The van der Waals surface area contributed by atoms with Crippen molar-refractivity contribution < 1.29 is 9.21 Å². The maximum Gasteiger partial charge on any atom is 0.194 e. The van der Waals surface area contributed by atoms with Crippen LogP contribution in [0, 0.1) is 0 Å². The lowest BCUT2D eigenvalue weighted by atomic mass is 10.3. The van der Waals surface area contributed by atoms with E-state index in [1.54, 1.807) is 6.26 Å². The average Bonchev–Trinajstić information content (AvgIpc) is 2.38. The fourth-order valence-electron chi connectivity index (χ4n) is 0.857. The highest BCUT2D eigenvalue weighted by Gasteiger charge is 2.00. The monoisotopic (exact) mass is 153 g/mol. The third-order valence-corrected chi connectivity index (χ3v) is 1.36. The van der Waals surface area contributed by atoms with E-state index in [1.165, 1.54) is 0 Å². The Hall–Kier alpha value is -1.12. The highest BCUT2D eigenvalue weighted by molar-refractivity contribution is 5.53. The summed E-state index contributed by atoms with van der Waals surface area (Å²) in [5.41, 5.74) is 0.725. The second-order valence-electron chi connectivity index (χ2n) is 2.35. The molecule has 0 radical (unpaired) electrons. The fraction of sp³-hybridized carbons (Fsp3) is 0.500. The van der Waals surface area contributed by atoms with Crippen molar-refractivity contribution in [3.63, 3.8) is 0 Å². The predicted octanol–water partition coefficient (Wildman–Crippen LogP) is 1.37. The summed E-state index contributed by atoms with van der Waals surface area (Å²) in [6, 6.07) is 0. The number of hydrogen-bond acceptors (Lipinski definition) is 3. The van der Waals surface area contributed by atoms with E-state index in [1.807, 2.05) is 0 Å². The van der Waals surface area contributed by atoms with Gasteiger partial charge in [-0.25, -0.2) is 4.98 Å². The summed E-state index contributed by atoms with van der Waals surface area (Å²) in [6.07, 6.45) is 4.58. The third kappa shape index (κ3) is 2.18. The topological polar surface area (TPSA) is 43.1 Å². The van der Waals surface area contributed by atoms with Crippen LogP contribution in [-0.2, 0) is 17.6 Å². The first-order chi connectivity index (χ1) is 5.36. The van der Waals surface area contributed by atoms with Gasteiger partial charge in [0.05, 0.1) is 5.69 Å². The highest BCUT2D eigenvalue weighted by atomic mass is 16.3. The second kappa shape index (κ2) is 3.91. The number of rotatable bonds is 4. The van der Waals surface area contributed by atoms with E-state index in [-0.39, 0.29) is 0 Å². The summed E-state index contributed by atoms with van der Waals surface area (Å²) >= 11 is 0. The van der Waals surface area contributed by atoms with Crippen LogP contribution in [0.25, 0.3) is 0 Å². The molecule has 0 aromatic carbocycles. The van der Waals surface area contributed by atoms with E-state index in [9.17, 15) is 4.79 Å². The van der Waals surface area contributed by atoms with Gasteiger partial charge in [-0.15, -0.1) is 0 Å². The minimum absolute atomic E-state index is 0.354. The number of carbonyl (C=O) groups is 1. The summed E-state index contributed by atoms with van der Waals surface area (Å²) in [5.74, 6) is 0.726. The third-order valence-electron chi connectivity index (χ3n) is 1.36. The van der Waals surface area contributed by atoms with Gasteiger partial charge in [-0.05, 0) is 6.42 Å². The van der Waals surface area contributed by atoms with Crippen molar-refractivity contribution in [1.29, 1.82) is 0 Å². The first kappa shape index (κ1) is 7.98. The zero-order valence-corrected chi connectivity index (χ0v) is 6.54. The molecule has 3 nitrogen and oxygen atoms in total. The molecule has 0 unspecified atom stereocenters. The Morgan fingerprint density at radius 1 is 1.73 bits per heavy atom. The Bertz CT molecular complexity index is 230. The van der Waals surface area contributed by atoms with Gasteiger partial charge in [0.25, 0.3) is 0 Å².